The van der Waals surface area contributed by atoms with Gasteiger partial charge in [-0.25, -0.2) is 0 Å². The number of halogens is 3. The smallest absolute Gasteiger partial charge is 0.350 e. The molecule has 0 fully saturated rings. The van der Waals surface area contributed by atoms with E-state index < -0.39 is 12.2 Å². The Labute approximate surface area is 90.5 Å². The molecule has 0 radical (unpaired) electrons. The quantitative estimate of drug-likeness (QED) is 0.799. The molecule has 0 spiro atoms. The molecular formula is C11H11F3N2. The van der Waals surface area contributed by atoms with Crippen molar-refractivity contribution in [1.29, 1.82) is 0 Å². The molecule has 2 aromatic rings. The number of aromatic nitrogens is 1. The number of nitrogens with zero attached hydrogens (tertiary/aromatic N) is 1. The van der Waals surface area contributed by atoms with Crippen LogP contribution in [0.2, 0.25) is 0 Å². The van der Waals surface area contributed by atoms with E-state index >= 15 is 0 Å². The summed E-state index contributed by atoms with van der Waals surface area (Å²) in [6, 6.07) is 4.97. The van der Waals surface area contributed by atoms with Crippen LogP contribution in [0, 0.1) is 0 Å². The number of benzene rings is 1. The first-order valence-corrected chi connectivity index (χ1v) is 4.77. The lowest BCUT2D eigenvalue weighted by Crippen LogP contribution is -2.28. The Kier molecular flexibility index (Phi) is 2.42. The van der Waals surface area contributed by atoms with Gasteiger partial charge in [-0.15, -0.1) is 0 Å². The molecule has 0 aliphatic carbocycles. The molecule has 5 heteroatoms. The first kappa shape index (κ1) is 11.0. The largest absolute Gasteiger partial charge is 0.407 e. The van der Waals surface area contributed by atoms with Crippen LogP contribution in [0.1, 0.15) is 11.6 Å². The predicted octanol–water partition coefficient (Wildman–Crippen LogP) is 2.74. The van der Waals surface area contributed by atoms with Crippen molar-refractivity contribution in [2.45, 2.75) is 12.2 Å². The van der Waals surface area contributed by atoms with E-state index in [0.717, 1.165) is 5.52 Å². The van der Waals surface area contributed by atoms with Crippen molar-refractivity contribution in [3.05, 3.63) is 36.0 Å². The van der Waals surface area contributed by atoms with Gasteiger partial charge in [0.2, 0.25) is 0 Å². The van der Waals surface area contributed by atoms with Crippen molar-refractivity contribution in [3.63, 3.8) is 0 Å². The summed E-state index contributed by atoms with van der Waals surface area (Å²) in [5.74, 6) is 0. The van der Waals surface area contributed by atoms with Gasteiger partial charge in [-0.1, -0.05) is 18.2 Å². The van der Waals surface area contributed by atoms with Gasteiger partial charge in [-0.05, 0) is 6.07 Å². The molecule has 86 valence electrons. The van der Waals surface area contributed by atoms with Crippen LogP contribution in [-0.2, 0) is 7.05 Å². The Hall–Kier alpha value is -1.49. The minimum atomic E-state index is -4.41. The van der Waals surface area contributed by atoms with Gasteiger partial charge in [0.1, 0.15) is 6.04 Å². The highest BCUT2D eigenvalue weighted by Crippen LogP contribution is 2.34. The molecule has 1 aromatic carbocycles. The van der Waals surface area contributed by atoms with E-state index in [1.54, 1.807) is 35.9 Å². The lowest BCUT2D eigenvalue weighted by molar-refractivity contribution is -0.148. The van der Waals surface area contributed by atoms with Crippen LogP contribution in [0.15, 0.2) is 30.5 Å². The summed E-state index contributed by atoms with van der Waals surface area (Å²) in [4.78, 5) is 0. The summed E-state index contributed by atoms with van der Waals surface area (Å²) in [5.41, 5.74) is 6.08. The minimum Gasteiger partial charge on any atom is -0.350 e. The van der Waals surface area contributed by atoms with Gasteiger partial charge in [-0.3, -0.25) is 0 Å². The van der Waals surface area contributed by atoms with Crippen LogP contribution >= 0.6 is 0 Å². The van der Waals surface area contributed by atoms with E-state index in [2.05, 4.69) is 0 Å². The summed E-state index contributed by atoms with van der Waals surface area (Å²) < 4.78 is 39.3. The van der Waals surface area contributed by atoms with E-state index in [1.165, 1.54) is 6.20 Å². The highest BCUT2D eigenvalue weighted by Gasteiger charge is 2.39. The third-order valence-electron chi connectivity index (χ3n) is 2.62. The molecule has 1 atom stereocenters. The number of aryl methyl sites for hydroxylation is 1. The van der Waals surface area contributed by atoms with Crippen LogP contribution in [-0.4, -0.2) is 10.7 Å². The Morgan fingerprint density at radius 1 is 1.25 bits per heavy atom. The average molecular weight is 228 g/mol. The molecule has 2 N–H and O–H groups in total. The maximum absolute atomic E-state index is 12.5. The second-order valence-corrected chi connectivity index (χ2v) is 3.73. The fraction of sp³-hybridized carbons (Fsp3) is 0.273. The molecule has 2 rings (SSSR count). The molecule has 0 amide bonds. The third-order valence-corrected chi connectivity index (χ3v) is 2.62. The molecule has 1 heterocycles. The van der Waals surface area contributed by atoms with Crippen LogP contribution in [0.25, 0.3) is 10.9 Å². The lowest BCUT2D eigenvalue weighted by atomic mass is 10.1. The van der Waals surface area contributed by atoms with Gasteiger partial charge in [0.25, 0.3) is 0 Å². The zero-order chi connectivity index (χ0) is 11.9. The van der Waals surface area contributed by atoms with Gasteiger partial charge in [0.15, 0.2) is 0 Å². The Morgan fingerprint density at radius 2 is 1.88 bits per heavy atom. The standard InChI is InChI=1S/C11H11F3N2/c1-16-6-8(10(15)11(12,13)14)7-4-2-3-5-9(7)16/h2-6,10H,15H2,1H3. The van der Waals surface area contributed by atoms with Gasteiger partial charge in [0, 0.05) is 29.7 Å². The Balaban J connectivity index is 2.62. The molecule has 0 bridgehead atoms. The SMILES string of the molecule is Cn1cc(C(N)C(F)(F)F)c2ccccc21. The highest BCUT2D eigenvalue weighted by molar-refractivity contribution is 5.84. The molecule has 0 saturated heterocycles. The molecule has 16 heavy (non-hydrogen) atoms. The first-order chi connectivity index (χ1) is 7.41. The monoisotopic (exact) mass is 228 g/mol. The van der Waals surface area contributed by atoms with E-state index in [0.29, 0.717) is 5.39 Å². The zero-order valence-corrected chi connectivity index (χ0v) is 8.62. The molecular weight excluding hydrogens is 217 g/mol. The van der Waals surface area contributed by atoms with E-state index in [1.807, 2.05) is 0 Å². The number of alkyl halides is 3. The van der Waals surface area contributed by atoms with Crippen molar-refractivity contribution in [2.24, 2.45) is 12.8 Å². The zero-order valence-electron chi connectivity index (χ0n) is 8.62. The minimum absolute atomic E-state index is 0.116. The maximum atomic E-state index is 12.5. The normalized spacial score (nSPS) is 14.3. The van der Waals surface area contributed by atoms with Gasteiger partial charge in [0.05, 0.1) is 0 Å². The fourth-order valence-electron chi connectivity index (χ4n) is 1.80. The fourth-order valence-corrected chi connectivity index (χ4v) is 1.80. The molecule has 1 aromatic heterocycles. The Morgan fingerprint density at radius 3 is 2.50 bits per heavy atom. The lowest BCUT2D eigenvalue weighted by Gasteiger charge is -2.14. The number of hydrogen-bond acceptors (Lipinski definition) is 1. The number of para-hydroxylation sites is 1. The number of hydrogen-bond donors (Lipinski definition) is 1. The Bertz CT molecular complexity index is 513. The van der Waals surface area contributed by atoms with Crippen molar-refractivity contribution >= 4 is 10.9 Å². The second kappa shape index (κ2) is 3.52. The number of nitrogens with two attached hydrogens (primary N) is 1. The molecule has 0 aliphatic heterocycles. The third kappa shape index (κ3) is 1.67. The van der Waals surface area contributed by atoms with Crippen LogP contribution < -0.4 is 5.73 Å². The predicted molar refractivity (Wildman–Crippen MR) is 55.9 cm³/mol. The van der Waals surface area contributed by atoms with Crippen molar-refractivity contribution in [2.75, 3.05) is 0 Å². The van der Waals surface area contributed by atoms with Gasteiger partial charge in [-0.2, -0.15) is 13.2 Å². The number of fused-ring (bicyclic) bond motifs is 1. The van der Waals surface area contributed by atoms with Crippen molar-refractivity contribution in [3.8, 4) is 0 Å². The summed E-state index contributed by atoms with van der Waals surface area (Å²) in [5, 5.41) is 0.551. The van der Waals surface area contributed by atoms with Crippen molar-refractivity contribution in [1.82, 2.24) is 4.57 Å². The van der Waals surface area contributed by atoms with E-state index in [4.69, 9.17) is 5.73 Å². The summed E-state index contributed by atoms with van der Waals surface area (Å²) >= 11 is 0. The van der Waals surface area contributed by atoms with Crippen LogP contribution in [0.3, 0.4) is 0 Å². The summed E-state index contributed by atoms with van der Waals surface area (Å²) in [7, 11) is 1.70. The molecule has 0 aliphatic rings. The van der Waals surface area contributed by atoms with Gasteiger partial charge < -0.3 is 10.3 Å². The van der Waals surface area contributed by atoms with Crippen LogP contribution in [0.4, 0.5) is 13.2 Å². The summed E-state index contributed by atoms with van der Waals surface area (Å²) in [6.07, 6.45) is -2.98. The number of rotatable bonds is 1. The van der Waals surface area contributed by atoms with E-state index in [9.17, 15) is 13.2 Å². The van der Waals surface area contributed by atoms with Crippen LogP contribution in [0.5, 0.6) is 0 Å². The average Bonchev–Trinajstić information content (AvgIpc) is 2.55. The van der Waals surface area contributed by atoms with Crippen molar-refractivity contribution < 1.29 is 13.2 Å². The first-order valence-electron chi connectivity index (χ1n) is 4.77. The molecule has 1 unspecified atom stereocenters. The highest BCUT2D eigenvalue weighted by atomic mass is 19.4. The summed E-state index contributed by atoms with van der Waals surface area (Å²) in [6.45, 7) is 0. The molecule has 2 nitrogen and oxygen atoms in total. The maximum Gasteiger partial charge on any atom is 0.407 e. The molecule has 0 saturated carbocycles. The topological polar surface area (TPSA) is 30.9 Å². The second-order valence-electron chi connectivity index (χ2n) is 3.73. The van der Waals surface area contributed by atoms with Gasteiger partial charge >= 0.3 is 6.18 Å². The van der Waals surface area contributed by atoms with E-state index in [-0.39, 0.29) is 5.56 Å².